The molecular weight excluding hydrogens is 384 g/mol. The number of rotatable bonds is 7. The second-order valence-electron chi connectivity index (χ2n) is 7.51. The molecule has 1 saturated heterocycles. The van der Waals surface area contributed by atoms with E-state index in [0.717, 1.165) is 24.8 Å². The molecule has 0 atom stereocenters. The fourth-order valence-corrected chi connectivity index (χ4v) is 4.00. The van der Waals surface area contributed by atoms with Gasteiger partial charge in [0.1, 0.15) is 5.69 Å². The van der Waals surface area contributed by atoms with Crippen LogP contribution in [0.1, 0.15) is 42.5 Å². The Bertz CT molecular complexity index is 976. The second-order valence-corrected chi connectivity index (χ2v) is 7.51. The van der Waals surface area contributed by atoms with Gasteiger partial charge in [0.25, 0.3) is 11.8 Å². The standard InChI is InChI=1S/C21H26N6O3/c1-3-27-17(6-12-23-27)19(28)26-13-7-21(8-14-26,9-15-29-2)20-24-18(30-25-20)16-4-10-22-11-5-16/h4-6,10-12H,3,7-9,13-15H2,1-2H3. The van der Waals surface area contributed by atoms with Gasteiger partial charge in [-0.2, -0.15) is 10.1 Å². The average Bonchev–Trinajstić information content (AvgIpc) is 3.48. The van der Waals surface area contributed by atoms with Crippen molar-refractivity contribution >= 4 is 5.91 Å². The number of pyridine rings is 1. The summed E-state index contributed by atoms with van der Waals surface area (Å²) in [6.07, 6.45) is 7.34. The topological polar surface area (TPSA) is 99.2 Å². The molecule has 4 rings (SSSR count). The van der Waals surface area contributed by atoms with Gasteiger partial charge >= 0.3 is 0 Å². The molecule has 1 amide bonds. The number of carbonyl (C=O) groups is 1. The van der Waals surface area contributed by atoms with Crippen molar-refractivity contribution in [2.24, 2.45) is 0 Å². The third-order valence-corrected chi connectivity index (χ3v) is 5.86. The fraction of sp³-hybridized carbons (Fsp3) is 0.476. The maximum Gasteiger partial charge on any atom is 0.272 e. The van der Waals surface area contributed by atoms with Crippen LogP contribution >= 0.6 is 0 Å². The van der Waals surface area contributed by atoms with Crippen molar-refractivity contribution in [3.63, 3.8) is 0 Å². The van der Waals surface area contributed by atoms with Gasteiger partial charge < -0.3 is 14.2 Å². The first-order chi connectivity index (χ1) is 14.7. The van der Waals surface area contributed by atoms with Crippen LogP contribution in [0.5, 0.6) is 0 Å². The molecule has 0 bridgehead atoms. The van der Waals surface area contributed by atoms with Crippen LogP contribution in [0.25, 0.3) is 11.5 Å². The van der Waals surface area contributed by atoms with Crippen molar-refractivity contribution < 1.29 is 14.1 Å². The number of nitrogens with zero attached hydrogens (tertiary/aromatic N) is 6. The van der Waals surface area contributed by atoms with Crippen LogP contribution in [0.3, 0.4) is 0 Å². The summed E-state index contributed by atoms with van der Waals surface area (Å²) in [6, 6.07) is 5.47. The molecule has 9 heteroatoms. The lowest BCUT2D eigenvalue weighted by molar-refractivity contribution is 0.0604. The van der Waals surface area contributed by atoms with Crippen molar-refractivity contribution in [1.29, 1.82) is 0 Å². The highest BCUT2D eigenvalue weighted by Crippen LogP contribution is 2.38. The molecule has 3 aromatic heterocycles. The summed E-state index contributed by atoms with van der Waals surface area (Å²) < 4.78 is 12.6. The lowest BCUT2D eigenvalue weighted by Gasteiger charge is -2.39. The molecule has 3 aromatic rings. The van der Waals surface area contributed by atoms with E-state index in [2.05, 4.69) is 15.2 Å². The minimum atomic E-state index is -0.285. The van der Waals surface area contributed by atoms with Gasteiger partial charge in [-0.25, -0.2) is 0 Å². The van der Waals surface area contributed by atoms with Crippen LogP contribution in [0.4, 0.5) is 0 Å². The maximum atomic E-state index is 13.0. The van der Waals surface area contributed by atoms with Crippen LogP contribution in [0.15, 0.2) is 41.3 Å². The van der Waals surface area contributed by atoms with E-state index in [0.29, 0.717) is 43.7 Å². The number of hydrogen-bond acceptors (Lipinski definition) is 7. The van der Waals surface area contributed by atoms with E-state index in [1.54, 1.807) is 36.4 Å². The number of likely N-dealkylation sites (tertiary alicyclic amines) is 1. The molecule has 1 aliphatic rings. The Balaban J connectivity index is 1.53. The molecular formula is C21H26N6O3. The second kappa shape index (κ2) is 8.74. The summed E-state index contributed by atoms with van der Waals surface area (Å²) >= 11 is 0. The number of ether oxygens (including phenoxy) is 1. The van der Waals surface area contributed by atoms with Crippen molar-refractivity contribution in [2.45, 2.75) is 38.1 Å². The van der Waals surface area contributed by atoms with Gasteiger partial charge in [-0.05, 0) is 44.4 Å². The summed E-state index contributed by atoms with van der Waals surface area (Å²) in [6.45, 7) is 4.48. The molecule has 4 heterocycles. The molecule has 0 aromatic carbocycles. The molecule has 0 radical (unpaired) electrons. The van der Waals surface area contributed by atoms with Gasteiger partial charge in [0, 0.05) is 62.9 Å². The van der Waals surface area contributed by atoms with E-state index in [-0.39, 0.29) is 11.3 Å². The average molecular weight is 410 g/mol. The summed E-state index contributed by atoms with van der Waals surface area (Å²) in [5, 5.41) is 8.52. The number of aryl methyl sites for hydroxylation is 1. The third kappa shape index (κ3) is 3.85. The molecule has 0 unspecified atom stereocenters. The van der Waals surface area contributed by atoms with Crippen molar-refractivity contribution in [3.05, 3.63) is 48.3 Å². The number of carbonyl (C=O) groups excluding carboxylic acids is 1. The third-order valence-electron chi connectivity index (χ3n) is 5.86. The highest BCUT2D eigenvalue weighted by Gasteiger charge is 2.41. The van der Waals surface area contributed by atoms with Crippen molar-refractivity contribution in [3.8, 4) is 11.5 Å². The Kier molecular flexibility index (Phi) is 5.89. The van der Waals surface area contributed by atoms with Gasteiger partial charge in [0.15, 0.2) is 5.82 Å². The quantitative estimate of drug-likeness (QED) is 0.590. The highest BCUT2D eigenvalue weighted by molar-refractivity contribution is 5.92. The van der Waals surface area contributed by atoms with Crippen molar-refractivity contribution in [2.75, 3.05) is 26.8 Å². The first-order valence-electron chi connectivity index (χ1n) is 10.2. The van der Waals surface area contributed by atoms with Crippen LogP contribution in [-0.4, -0.2) is 62.5 Å². The van der Waals surface area contributed by atoms with Crippen molar-refractivity contribution in [1.82, 2.24) is 29.8 Å². The predicted octanol–water partition coefficient (Wildman–Crippen LogP) is 2.56. The molecule has 0 saturated carbocycles. The molecule has 0 spiro atoms. The minimum Gasteiger partial charge on any atom is -0.385 e. The van der Waals surface area contributed by atoms with E-state index in [1.807, 2.05) is 24.0 Å². The Labute approximate surface area is 175 Å². The smallest absolute Gasteiger partial charge is 0.272 e. The Morgan fingerprint density at radius 1 is 1.20 bits per heavy atom. The van der Waals surface area contributed by atoms with Crippen LogP contribution < -0.4 is 0 Å². The summed E-state index contributed by atoms with van der Waals surface area (Å²) in [5.41, 5.74) is 1.18. The lowest BCUT2D eigenvalue weighted by Crippen LogP contribution is -2.46. The largest absolute Gasteiger partial charge is 0.385 e. The zero-order valence-corrected chi connectivity index (χ0v) is 17.3. The van der Waals surface area contributed by atoms with E-state index in [9.17, 15) is 4.79 Å². The van der Waals surface area contributed by atoms with E-state index in [4.69, 9.17) is 14.2 Å². The number of aromatic nitrogens is 5. The van der Waals surface area contributed by atoms with Crippen LogP contribution in [0.2, 0.25) is 0 Å². The molecule has 0 aliphatic carbocycles. The molecule has 158 valence electrons. The van der Waals surface area contributed by atoms with Crippen LogP contribution in [0, 0.1) is 0 Å². The zero-order chi connectivity index (χ0) is 21.0. The minimum absolute atomic E-state index is 0.0141. The fourth-order valence-electron chi connectivity index (χ4n) is 4.00. The van der Waals surface area contributed by atoms with Gasteiger partial charge in [-0.1, -0.05) is 5.16 Å². The number of piperidine rings is 1. The normalized spacial score (nSPS) is 16.0. The summed E-state index contributed by atoms with van der Waals surface area (Å²) in [7, 11) is 1.69. The Hall–Kier alpha value is -3.07. The zero-order valence-electron chi connectivity index (χ0n) is 17.3. The van der Waals surface area contributed by atoms with E-state index in [1.165, 1.54) is 0 Å². The highest BCUT2D eigenvalue weighted by atomic mass is 16.5. The van der Waals surface area contributed by atoms with Gasteiger partial charge in [0.2, 0.25) is 0 Å². The first kappa shape index (κ1) is 20.2. The molecule has 0 N–H and O–H groups in total. The number of amides is 1. The predicted molar refractivity (Wildman–Crippen MR) is 109 cm³/mol. The SMILES string of the molecule is CCn1nccc1C(=O)N1CCC(CCOC)(c2noc(-c3ccncc3)n2)CC1. The first-order valence-corrected chi connectivity index (χ1v) is 10.2. The van der Waals surface area contributed by atoms with E-state index >= 15 is 0 Å². The van der Waals surface area contributed by atoms with Gasteiger partial charge in [-0.15, -0.1) is 0 Å². The molecule has 1 aliphatic heterocycles. The maximum absolute atomic E-state index is 13.0. The Morgan fingerprint density at radius 2 is 1.97 bits per heavy atom. The summed E-state index contributed by atoms with van der Waals surface area (Å²) in [5.74, 6) is 1.17. The van der Waals surface area contributed by atoms with Crippen LogP contribution in [-0.2, 0) is 16.7 Å². The van der Waals surface area contributed by atoms with Gasteiger partial charge in [0.05, 0.1) is 0 Å². The van der Waals surface area contributed by atoms with E-state index < -0.39 is 0 Å². The molecule has 30 heavy (non-hydrogen) atoms. The lowest BCUT2D eigenvalue weighted by atomic mass is 9.75. The van der Waals surface area contributed by atoms with Gasteiger partial charge in [-0.3, -0.25) is 14.5 Å². The Morgan fingerprint density at radius 3 is 2.67 bits per heavy atom. The molecule has 9 nitrogen and oxygen atoms in total. The molecule has 1 fully saturated rings. The summed E-state index contributed by atoms with van der Waals surface area (Å²) in [4.78, 5) is 23.6. The number of methoxy groups -OCH3 is 1. The monoisotopic (exact) mass is 410 g/mol. The number of hydrogen-bond donors (Lipinski definition) is 0.